The summed E-state index contributed by atoms with van der Waals surface area (Å²) in [6, 6.07) is 20.4. The summed E-state index contributed by atoms with van der Waals surface area (Å²) in [5.74, 6) is 0.862. The topological polar surface area (TPSA) is 107 Å². The zero-order valence-electron chi connectivity index (χ0n) is 24.1. The van der Waals surface area contributed by atoms with Gasteiger partial charge in [-0.05, 0) is 66.2 Å². The number of unbranched alkanes of at least 4 members (excludes halogenated alkanes) is 2. The zero-order chi connectivity index (χ0) is 30.2. The van der Waals surface area contributed by atoms with Crippen LogP contribution in [0.15, 0.2) is 66.7 Å². The highest BCUT2D eigenvalue weighted by molar-refractivity contribution is 6.31. The van der Waals surface area contributed by atoms with Crippen molar-refractivity contribution in [2.24, 2.45) is 0 Å². The standard InChI is InChI=1S/C32H34Cl2N6O3/c1-3-5-8-17-35-29(28-25-16-13-23(33)18-27(25)36-30(28)32(41)42-4-2)31-37-38-39-40(31)19-21-11-14-24(15-12-21)43-20-22-9-6-7-10-26(22)34/h6-7,9-16,18,29,35-36H,3-5,8,17,19-20H2,1-2H3. The Morgan fingerprint density at radius 2 is 1.86 bits per heavy atom. The van der Waals surface area contributed by atoms with Crippen molar-refractivity contribution in [3.8, 4) is 5.75 Å². The van der Waals surface area contributed by atoms with E-state index in [-0.39, 0.29) is 6.61 Å². The molecule has 2 N–H and O–H groups in total. The predicted octanol–water partition coefficient (Wildman–Crippen LogP) is 7.13. The van der Waals surface area contributed by atoms with E-state index in [9.17, 15) is 4.79 Å². The lowest BCUT2D eigenvalue weighted by Crippen LogP contribution is -2.28. The molecule has 5 aromatic rings. The number of tetrazole rings is 1. The van der Waals surface area contributed by atoms with E-state index in [0.717, 1.165) is 52.6 Å². The third kappa shape index (κ3) is 7.36. The Bertz CT molecular complexity index is 1670. The Hall–Kier alpha value is -3.92. The molecule has 1 atom stereocenters. The fourth-order valence-corrected chi connectivity index (χ4v) is 5.33. The summed E-state index contributed by atoms with van der Waals surface area (Å²) in [5.41, 5.74) is 3.71. The van der Waals surface area contributed by atoms with Crippen molar-refractivity contribution in [3.05, 3.63) is 105 Å². The van der Waals surface area contributed by atoms with Crippen molar-refractivity contribution in [1.29, 1.82) is 0 Å². The lowest BCUT2D eigenvalue weighted by Gasteiger charge is -2.20. The summed E-state index contributed by atoms with van der Waals surface area (Å²) >= 11 is 12.6. The van der Waals surface area contributed by atoms with Gasteiger partial charge in [-0.25, -0.2) is 9.48 Å². The molecule has 0 fully saturated rings. The number of benzene rings is 3. The molecule has 0 aliphatic heterocycles. The van der Waals surface area contributed by atoms with E-state index in [1.807, 2.05) is 60.7 Å². The number of fused-ring (bicyclic) bond motifs is 1. The van der Waals surface area contributed by atoms with Crippen molar-refractivity contribution in [1.82, 2.24) is 30.5 Å². The number of aromatic nitrogens is 5. The maximum absolute atomic E-state index is 13.1. The molecule has 224 valence electrons. The van der Waals surface area contributed by atoms with Gasteiger partial charge in [0.25, 0.3) is 0 Å². The van der Waals surface area contributed by atoms with Crippen LogP contribution < -0.4 is 10.1 Å². The predicted molar refractivity (Wildman–Crippen MR) is 168 cm³/mol. The van der Waals surface area contributed by atoms with Crippen LogP contribution in [0.2, 0.25) is 10.0 Å². The monoisotopic (exact) mass is 620 g/mol. The number of H-pyrrole nitrogens is 1. The Labute approximate surface area is 260 Å². The van der Waals surface area contributed by atoms with Gasteiger partial charge in [0.15, 0.2) is 5.82 Å². The minimum Gasteiger partial charge on any atom is -0.489 e. The smallest absolute Gasteiger partial charge is 0.355 e. The molecule has 0 spiro atoms. The van der Waals surface area contributed by atoms with Crippen molar-refractivity contribution < 1.29 is 14.3 Å². The Morgan fingerprint density at radius 1 is 1.05 bits per heavy atom. The van der Waals surface area contributed by atoms with Crippen LogP contribution in [0.4, 0.5) is 0 Å². The summed E-state index contributed by atoms with van der Waals surface area (Å²) < 4.78 is 13.1. The van der Waals surface area contributed by atoms with Crippen molar-refractivity contribution in [3.63, 3.8) is 0 Å². The molecule has 43 heavy (non-hydrogen) atoms. The van der Waals surface area contributed by atoms with Crippen LogP contribution >= 0.6 is 23.2 Å². The summed E-state index contributed by atoms with van der Waals surface area (Å²) in [6.45, 7) is 5.70. The molecule has 0 bridgehead atoms. The van der Waals surface area contributed by atoms with Crippen LogP contribution in [0, 0.1) is 0 Å². The number of hydrogen-bond acceptors (Lipinski definition) is 7. The fraction of sp³-hybridized carbons (Fsp3) is 0.312. The molecule has 3 aromatic carbocycles. The van der Waals surface area contributed by atoms with E-state index in [1.54, 1.807) is 17.7 Å². The fourth-order valence-electron chi connectivity index (χ4n) is 4.97. The second-order valence-electron chi connectivity index (χ2n) is 10.1. The average Bonchev–Trinajstić information content (AvgIpc) is 3.62. The minimum absolute atomic E-state index is 0.249. The second kappa shape index (κ2) is 14.5. The number of nitrogens with zero attached hydrogens (tertiary/aromatic N) is 4. The van der Waals surface area contributed by atoms with Gasteiger partial charge in [0.05, 0.1) is 19.2 Å². The summed E-state index contributed by atoms with van der Waals surface area (Å²) in [7, 11) is 0. The lowest BCUT2D eigenvalue weighted by atomic mass is 10.0. The van der Waals surface area contributed by atoms with Gasteiger partial charge in [-0.3, -0.25) is 0 Å². The van der Waals surface area contributed by atoms with Gasteiger partial charge in [0, 0.05) is 32.1 Å². The molecular weight excluding hydrogens is 587 g/mol. The molecule has 0 aliphatic carbocycles. The highest BCUT2D eigenvalue weighted by Crippen LogP contribution is 2.34. The van der Waals surface area contributed by atoms with E-state index in [2.05, 4.69) is 32.7 Å². The molecule has 0 saturated heterocycles. The van der Waals surface area contributed by atoms with Gasteiger partial charge in [0.2, 0.25) is 0 Å². The van der Waals surface area contributed by atoms with Crippen LogP contribution in [0.1, 0.15) is 72.2 Å². The quantitative estimate of drug-likeness (QED) is 0.100. The number of esters is 1. The van der Waals surface area contributed by atoms with E-state index in [4.69, 9.17) is 32.7 Å². The van der Waals surface area contributed by atoms with Gasteiger partial charge in [-0.2, -0.15) is 0 Å². The van der Waals surface area contributed by atoms with Crippen LogP contribution in [0.5, 0.6) is 5.75 Å². The number of carbonyl (C=O) groups excluding carboxylic acids is 1. The number of halogens is 2. The van der Waals surface area contributed by atoms with Gasteiger partial charge >= 0.3 is 5.97 Å². The van der Waals surface area contributed by atoms with Gasteiger partial charge in [-0.1, -0.05) is 79.4 Å². The summed E-state index contributed by atoms with van der Waals surface area (Å²) in [5, 5.41) is 18.5. The number of aromatic amines is 1. The number of ether oxygens (including phenoxy) is 2. The third-order valence-corrected chi connectivity index (χ3v) is 7.73. The van der Waals surface area contributed by atoms with E-state index in [0.29, 0.717) is 41.3 Å². The molecule has 2 aromatic heterocycles. The highest BCUT2D eigenvalue weighted by atomic mass is 35.5. The molecule has 5 rings (SSSR count). The largest absolute Gasteiger partial charge is 0.489 e. The van der Waals surface area contributed by atoms with Crippen molar-refractivity contribution in [2.45, 2.75) is 52.3 Å². The Balaban J connectivity index is 1.44. The maximum Gasteiger partial charge on any atom is 0.355 e. The molecule has 1 unspecified atom stereocenters. The molecule has 0 radical (unpaired) electrons. The second-order valence-corrected chi connectivity index (χ2v) is 11.0. The molecule has 9 nitrogen and oxygen atoms in total. The first-order valence-corrected chi connectivity index (χ1v) is 15.2. The first-order chi connectivity index (χ1) is 21.0. The molecular formula is C32H34Cl2N6O3. The SMILES string of the molecule is CCCCCNC(c1c(C(=O)OCC)[nH]c2cc(Cl)ccc12)c1nnnn1Cc1ccc(OCc2ccccc2Cl)cc1. The first kappa shape index (κ1) is 30.5. The van der Waals surface area contributed by atoms with Gasteiger partial charge in [-0.15, -0.1) is 5.10 Å². The third-order valence-electron chi connectivity index (χ3n) is 7.12. The minimum atomic E-state index is -0.487. The molecule has 0 saturated carbocycles. The van der Waals surface area contributed by atoms with Crippen molar-refractivity contribution >= 4 is 40.1 Å². The number of carbonyl (C=O) groups is 1. The van der Waals surface area contributed by atoms with Crippen molar-refractivity contribution in [2.75, 3.05) is 13.2 Å². The van der Waals surface area contributed by atoms with E-state index in [1.165, 1.54) is 0 Å². The van der Waals surface area contributed by atoms with Crippen LogP contribution in [-0.4, -0.2) is 44.3 Å². The van der Waals surface area contributed by atoms with Crippen LogP contribution in [-0.2, 0) is 17.9 Å². The maximum atomic E-state index is 13.1. The lowest BCUT2D eigenvalue weighted by molar-refractivity contribution is 0.0518. The van der Waals surface area contributed by atoms with E-state index >= 15 is 0 Å². The molecule has 11 heteroatoms. The number of rotatable bonds is 14. The van der Waals surface area contributed by atoms with Crippen LogP contribution in [0.25, 0.3) is 10.9 Å². The summed E-state index contributed by atoms with van der Waals surface area (Å²) in [4.78, 5) is 16.4. The Morgan fingerprint density at radius 3 is 2.63 bits per heavy atom. The highest BCUT2D eigenvalue weighted by Gasteiger charge is 2.30. The average molecular weight is 622 g/mol. The van der Waals surface area contributed by atoms with Gasteiger partial charge in [0.1, 0.15) is 18.1 Å². The zero-order valence-corrected chi connectivity index (χ0v) is 25.7. The number of hydrogen-bond donors (Lipinski definition) is 2. The Kier molecular flexibility index (Phi) is 10.3. The molecule has 2 heterocycles. The number of nitrogens with one attached hydrogen (secondary N) is 2. The van der Waals surface area contributed by atoms with Crippen LogP contribution in [0.3, 0.4) is 0 Å². The normalized spacial score (nSPS) is 12.0. The summed E-state index contributed by atoms with van der Waals surface area (Å²) in [6.07, 6.45) is 3.12. The van der Waals surface area contributed by atoms with Gasteiger partial charge < -0.3 is 19.8 Å². The van der Waals surface area contributed by atoms with E-state index < -0.39 is 12.0 Å². The molecule has 0 aliphatic rings. The first-order valence-electron chi connectivity index (χ1n) is 14.4. The molecule has 0 amide bonds.